The summed E-state index contributed by atoms with van der Waals surface area (Å²) in [5.74, 6) is 1.04. The van der Waals surface area contributed by atoms with Crippen LogP contribution < -0.4 is 10.5 Å². The van der Waals surface area contributed by atoms with Crippen LogP contribution in [-0.2, 0) is 6.42 Å². The van der Waals surface area contributed by atoms with Crippen LogP contribution in [0, 0.1) is 0 Å². The number of ether oxygens (including phenoxy) is 1. The maximum atomic E-state index is 6.65. The van der Waals surface area contributed by atoms with Crippen molar-refractivity contribution in [1.82, 2.24) is 4.90 Å². The zero-order valence-electron chi connectivity index (χ0n) is 12.0. The van der Waals surface area contributed by atoms with Gasteiger partial charge in [0.25, 0.3) is 0 Å². The van der Waals surface area contributed by atoms with Gasteiger partial charge in [-0.3, -0.25) is 0 Å². The monoisotopic (exact) mass is 260 g/mol. The van der Waals surface area contributed by atoms with Crippen LogP contribution in [-0.4, -0.2) is 31.1 Å². The Bertz CT molecular complexity index is 464. The standard InChI is InChI=1S/C16H24N2O/c1-18(2)16(8-3-4-9-16)15(17)13-5-6-14-12(11-13)7-10-19-14/h5-6,11,15H,3-4,7-10,17H2,1-2H3. The van der Waals surface area contributed by atoms with E-state index in [1.54, 1.807) is 0 Å². The molecule has 3 rings (SSSR count). The highest BCUT2D eigenvalue weighted by Crippen LogP contribution is 2.43. The zero-order valence-corrected chi connectivity index (χ0v) is 12.0. The maximum absolute atomic E-state index is 6.65. The molecule has 1 saturated carbocycles. The van der Waals surface area contributed by atoms with Gasteiger partial charge in [-0.25, -0.2) is 0 Å². The molecule has 1 unspecified atom stereocenters. The summed E-state index contributed by atoms with van der Waals surface area (Å²) in [6, 6.07) is 6.60. The summed E-state index contributed by atoms with van der Waals surface area (Å²) in [5.41, 5.74) is 9.36. The van der Waals surface area contributed by atoms with Crippen molar-refractivity contribution < 1.29 is 4.74 Å². The molecule has 2 N–H and O–H groups in total. The summed E-state index contributed by atoms with van der Waals surface area (Å²) in [6.07, 6.45) is 6.01. The lowest BCUT2D eigenvalue weighted by molar-refractivity contribution is 0.123. The Kier molecular flexibility index (Phi) is 3.27. The van der Waals surface area contributed by atoms with Gasteiger partial charge in [-0.1, -0.05) is 25.0 Å². The zero-order chi connectivity index (χ0) is 13.5. The summed E-state index contributed by atoms with van der Waals surface area (Å²) >= 11 is 0. The van der Waals surface area contributed by atoms with Crippen LogP contribution in [0.1, 0.15) is 42.9 Å². The van der Waals surface area contributed by atoms with E-state index < -0.39 is 0 Å². The van der Waals surface area contributed by atoms with E-state index in [0.717, 1.165) is 18.8 Å². The molecule has 1 fully saturated rings. The second-order valence-corrected chi connectivity index (χ2v) is 6.15. The predicted octanol–water partition coefficient (Wildman–Crippen LogP) is 2.50. The molecule has 0 saturated heterocycles. The summed E-state index contributed by atoms with van der Waals surface area (Å²) in [5, 5.41) is 0. The quantitative estimate of drug-likeness (QED) is 0.907. The fourth-order valence-corrected chi connectivity index (χ4v) is 3.73. The summed E-state index contributed by atoms with van der Waals surface area (Å²) in [7, 11) is 4.34. The first-order valence-electron chi connectivity index (χ1n) is 7.32. The average Bonchev–Trinajstić information content (AvgIpc) is 3.06. The molecule has 0 aromatic heterocycles. The van der Waals surface area contributed by atoms with Crippen molar-refractivity contribution in [1.29, 1.82) is 0 Å². The molecule has 1 aromatic carbocycles. The van der Waals surface area contributed by atoms with Crippen LogP contribution in [0.15, 0.2) is 18.2 Å². The molecule has 0 amide bonds. The molecule has 1 aliphatic carbocycles. The van der Waals surface area contributed by atoms with Crippen molar-refractivity contribution in [2.75, 3.05) is 20.7 Å². The van der Waals surface area contributed by atoms with E-state index in [1.807, 2.05) is 0 Å². The molecule has 0 spiro atoms. The van der Waals surface area contributed by atoms with Crippen LogP contribution in [0.4, 0.5) is 0 Å². The Hall–Kier alpha value is -1.06. The van der Waals surface area contributed by atoms with Gasteiger partial charge in [0.05, 0.1) is 6.61 Å². The molecule has 1 heterocycles. The molecule has 0 bridgehead atoms. The first kappa shape index (κ1) is 12.9. The molecule has 19 heavy (non-hydrogen) atoms. The van der Waals surface area contributed by atoms with E-state index in [-0.39, 0.29) is 11.6 Å². The molecular formula is C16H24N2O. The van der Waals surface area contributed by atoms with E-state index in [1.165, 1.54) is 36.8 Å². The van der Waals surface area contributed by atoms with Gasteiger partial charge in [0.2, 0.25) is 0 Å². The third-order valence-corrected chi connectivity index (χ3v) is 5.01. The lowest BCUT2D eigenvalue weighted by Gasteiger charge is -2.41. The third-order valence-electron chi connectivity index (χ3n) is 5.01. The SMILES string of the molecule is CN(C)C1(C(N)c2ccc3c(c2)CCO3)CCCC1. The molecule has 104 valence electrons. The average molecular weight is 260 g/mol. The topological polar surface area (TPSA) is 38.5 Å². The fourth-order valence-electron chi connectivity index (χ4n) is 3.73. The Morgan fingerprint density at radius 2 is 2.00 bits per heavy atom. The van der Waals surface area contributed by atoms with Crippen LogP contribution >= 0.6 is 0 Å². The lowest BCUT2D eigenvalue weighted by atomic mass is 9.82. The molecule has 3 heteroatoms. The second kappa shape index (κ2) is 4.80. The molecule has 0 radical (unpaired) electrons. The van der Waals surface area contributed by atoms with E-state index in [4.69, 9.17) is 10.5 Å². The van der Waals surface area contributed by atoms with Gasteiger partial charge in [-0.05, 0) is 44.1 Å². The Balaban J connectivity index is 1.92. The van der Waals surface area contributed by atoms with Crippen LogP contribution in [0.5, 0.6) is 5.75 Å². The van der Waals surface area contributed by atoms with Gasteiger partial charge in [-0.2, -0.15) is 0 Å². The van der Waals surface area contributed by atoms with Gasteiger partial charge in [0, 0.05) is 18.0 Å². The van der Waals surface area contributed by atoms with Crippen molar-refractivity contribution in [2.24, 2.45) is 5.73 Å². The van der Waals surface area contributed by atoms with Gasteiger partial charge in [0.15, 0.2) is 0 Å². The summed E-state index contributed by atoms with van der Waals surface area (Å²) < 4.78 is 5.58. The van der Waals surface area contributed by atoms with Gasteiger partial charge in [-0.15, -0.1) is 0 Å². The molecular weight excluding hydrogens is 236 g/mol. The highest BCUT2D eigenvalue weighted by Gasteiger charge is 2.42. The first-order chi connectivity index (χ1) is 9.13. The Morgan fingerprint density at radius 3 is 2.68 bits per heavy atom. The minimum Gasteiger partial charge on any atom is -0.493 e. The van der Waals surface area contributed by atoms with Crippen LogP contribution in [0.3, 0.4) is 0 Å². The highest BCUT2D eigenvalue weighted by molar-refractivity contribution is 5.41. The van der Waals surface area contributed by atoms with E-state index >= 15 is 0 Å². The second-order valence-electron chi connectivity index (χ2n) is 6.15. The number of rotatable bonds is 3. The fraction of sp³-hybridized carbons (Fsp3) is 0.625. The minimum atomic E-state index is 0.0934. The molecule has 3 nitrogen and oxygen atoms in total. The maximum Gasteiger partial charge on any atom is 0.122 e. The normalized spacial score (nSPS) is 22.3. The van der Waals surface area contributed by atoms with E-state index in [0.29, 0.717) is 0 Å². The van der Waals surface area contributed by atoms with Crippen LogP contribution in [0.2, 0.25) is 0 Å². The number of nitrogens with two attached hydrogens (primary N) is 1. The number of nitrogens with zero attached hydrogens (tertiary/aromatic N) is 1. The van der Waals surface area contributed by atoms with Crippen molar-refractivity contribution in [2.45, 2.75) is 43.7 Å². The Morgan fingerprint density at radius 1 is 1.26 bits per heavy atom. The van der Waals surface area contributed by atoms with Crippen molar-refractivity contribution in [3.63, 3.8) is 0 Å². The van der Waals surface area contributed by atoms with E-state index in [2.05, 4.69) is 37.2 Å². The largest absolute Gasteiger partial charge is 0.493 e. The van der Waals surface area contributed by atoms with Gasteiger partial charge >= 0.3 is 0 Å². The number of hydrogen-bond donors (Lipinski definition) is 1. The number of hydrogen-bond acceptors (Lipinski definition) is 3. The van der Waals surface area contributed by atoms with Crippen molar-refractivity contribution in [3.8, 4) is 5.75 Å². The van der Waals surface area contributed by atoms with Crippen molar-refractivity contribution in [3.05, 3.63) is 29.3 Å². The van der Waals surface area contributed by atoms with Crippen molar-refractivity contribution >= 4 is 0 Å². The highest BCUT2D eigenvalue weighted by atomic mass is 16.5. The number of benzene rings is 1. The first-order valence-corrected chi connectivity index (χ1v) is 7.32. The van der Waals surface area contributed by atoms with Gasteiger partial charge < -0.3 is 15.4 Å². The molecule has 2 aliphatic rings. The van der Waals surface area contributed by atoms with Crippen LogP contribution in [0.25, 0.3) is 0 Å². The summed E-state index contributed by atoms with van der Waals surface area (Å²) in [4.78, 5) is 2.34. The number of fused-ring (bicyclic) bond motifs is 1. The predicted molar refractivity (Wildman–Crippen MR) is 77.5 cm³/mol. The minimum absolute atomic E-state index is 0.0934. The molecule has 1 aliphatic heterocycles. The van der Waals surface area contributed by atoms with Gasteiger partial charge in [0.1, 0.15) is 5.75 Å². The smallest absolute Gasteiger partial charge is 0.122 e. The van der Waals surface area contributed by atoms with E-state index in [9.17, 15) is 0 Å². The summed E-state index contributed by atoms with van der Waals surface area (Å²) in [6.45, 7) is 0.812. The molecule has 1 atom stereocenters. The molecule has 1 aromatic rings. The third kappa shape index (κ3) is 2.05. The lowest BCUT2D eigenvalue weighted by Crippen LogP contribution is -2.50. The number of likely N-dealkylation sites (N-methyl/N-ethyl adjacent to an activating group) is 1. The Labute approximate surface area is 115 Å².